The lowest BCUT2D eigenvalue weighted by molar-refractivity contribution is 0.0581. The highest BCUT2D eigenvalue weighted by Crippen LogP contribution is 2.39. The topological polar surface area (TPSA) is 20.2 Å². The van der Waals surface area contributed by atoms with Crippen molar-refractivity contribution < 1.29 is 5.11 Å². The fraction of sp³-hybridized carbons (Fsp3) is 0.714. The summed E-state index contributed by atoms with van der Waals surface area (Å²) in [6, 6.07) is 2.13. The molecule has 1 heterocycles. The van der Waals surface area contributed by atoms with E-state index in [9.17, 15) is 5.11 Å². The predicted molar refractivity (Wildman–Crippen MR) is 77.5 cm³/mol. The van der Waals surface area contributed by atoms with Crippen LogP contribution in [0.5, 0.6) is 0 Å². The van der Waals surface area contributed by atoms with Crippen LogP contribution in [0.2, 0.25) is 0 Å². The van der Waals surface area contributed by atoms with Gasteiger partial charge in [-0.15, -0.1) is 11.3 Å². The smallest absolute Gasteiger partial charge is 0.0616 e. The molecule has 1 N–H and O–H groups in total. The SMILES string of the molecule is CC1(C)CCC(C(O)Cc2cc(Br)cs2)CC1. The van der Waals surface area contributed by atoms with Gasteiger partial charge in [0.05, 0.1) is 6.10 Å². The Morgan fingerprint density at radius 1 is 1.47 bits per heavy atom. The van der Waals surface area contributed by atoms with Crippen LogP contribution < -0.4 is 0 Å². The standard InChI is InChI=1S/C14H21BrOS/c1-14(2)5-3-10(4-6-14)13(16)8-12-7-11(15)9-17-12/h7,9-10,13,16H,3-6,8H2,1-2H3. The van der Waals surface area contributed by atoms with E-state index in [4.69, 9.17) is 0 Å². The zero-order valence-corrected chi connectivity index (χ0v) is 13.0. The number of halogens is 1. The maximum Gasteiger partial charge on any atom is 0.0616 e. The molecule has 0 bridgehead atoms. The second kappa shape index (κ2) is 5.41. The van der Waals surface area contributed by atoms with E-state index < -0.39 is 0 Å². The van der Waals surface area contributed by atoms with Gasteiger partial charge in [0.15, 0.2) is 0 Å². The zero-order chi connectivity index (χ0) is 12.5. The minimum atomic E-state index is -0.156. The summed E-state index contributed by atoms with van der Waals surface area (Å²) in [5, 5.41) is 12.4. The Kier molecular flexibility index (Phi) is 4.32. The van der Waals surface area contributed by atoms with Crippen molar-refractivity contribution in [1.82, 2.24) is 0 Å². The largest absolute Gasteiger partial charge is 0.392 e. The third-order valence-corrected chi connectivity index (χ3v) is 5.68. The van der Waals surface area contributed by atoms with Crippen LogP contribution in [0.15, 0.2) is 15.9 Å². The Hall–Kier alpha value is 0.140. The van der Waals surface area contributed by atoms with Gasteiger partial charge in [0.1, 0.15) is 0 Å². The van der Waals surface area contributed by atoms with E-state index in [1.54, 1.807) is 11.3 Å². The van der Waals surface area contributed by atoms with Crippen LogP contribution >= 0.6 is 27.3 Å². The molecule has 0 aliphatic heterocycles. The maximum atomic E-state index is 10.3. The molecule has 1 aliphatic rings. The van der Waals surface area contributed by atoms with E-state index in [1.807, 2.05) is 0 Å². The highest BCUT2D eigenvalue weighted by atomic mass is 79.9. The van der Waals surface area contributed by atoms with Gasteiger partial charge in [-0.1, -0.05) is 13.8 Å². The van der Waals surface area contributed by atoms with Crippen molar-refractivity contribution >= 4 is 27.3 Å². The third-order valence-electron chi connectivity index (χ3n) is 3.96. The number of aliphatic hydroxyl groups excluding tert-OH is 1. The molecular formula is C14H21BrOS. The second-order valence-electron chi connectivity index (χ2n) is 6.00. The average Bonchev–Trinajstić information content (AvgIpc) is 2.63. The van der Waals surface area contributed by atoms with Gasteiger partial charge in [0.25, 0.3) is 0 Å². The summed E-state index contributed by atoms with van der Waals surface area (Å²) in [5.74, 6) is 0.504. The van der Waals surface area contributed by atoms with Crippen molar-refractivity contribution in [1.29, 1.82) is 0 Å². The fourth-order valence-corrected chi connectivity index (χ4v) is 4.14. The Bertz CT molecular complexity index is 362. The van der Waals surface area contributed by atoms with Crippen molar-refractivity contribution in [2.75, 3.05) is 0 Å². The molecule has 2 rings (SSSR count). The lowest BCUT2D eigenvalue weighted by Gasteiger charge is -2.36. The number of aliphatic hydroxyl groups is 1. The van der Waals surface area contributed by atoms with Crippen LogP contribution in [0.3, 0.4) is 0 Å². The molecule has 1 atom stereocenters. The van der Waals surface area contributed by atoms with Crippen LogP contribution in [0.25, 0.3) is 0 Å². The first-order chi connectivity index (χ1) is 7.96. The predicted octanol–water partition coefficient (Wildman–Crippen LogP) is 4.63. The van der Waals surface area contributed by atoms with Crippen LogP contribution in [-0.4, -0.2) is 11.2 Å². The molecule has 3 heteroatoms. The van der Waals surface area contributed by atoms with Crippen molar-refractivity contribution in [2.45, 2.75) is 52.1 Å². The maximum absolute atomic E-state index is 10.3. The molecule has 96 valence electrons. The van der Waals surface area contributed by atoms with E-state index >= 15 is 0 Å². The molecule has 1 aromatic rings. The summed E-state index contributed by atoms with van der Waals surface area (Å²) in [6.07, 6.45) is 5.53. The molecule has 1 nitrogen and oxygen atoms in total. The quantitative estimate of drug-likeness (QED) is 0.862. The third kappa shape index (κ3) is 3.80. The van der Waals surface area contributed by atoms with E-state index in [0.29, 0.717) is 11.3 Å². The monoisotopic (exact) mass is 316 g/mol. The summed E-state index contributed by atoms with van der Waals surface area (Å²) < 4.78 is 1.13. The van der Waals surface area contributed by atoms with E-state index in [1.165, 1.54) is 30.6 Å². The van der Waals surface area contributed by atoms with Gasteiger partial charge in [0.2, 0.25) is 0 Å². The minimum Gasteiger partial charge on any atom is -0.392 e. The van der Waals surface area contributed by atoms with Crippen molar-refractivity contribution in [3.8, 4) is 0 Å². The first-order valence-electron chi connectivity index (χ1n) is 6.37. The lowest BCUT2D eigenvalue weighted by Crippen LogP contribution is -2.30. The van der Waals surface area contributed by atoms with Gasteiger partial charge in [-0.3, -0.25) is 0 Å². The van der Waals surface area contributed by atoms with Gasteiger partial charge in [-0.05, 0) is 59.0 Å². The summed E-state index contributed by atoms with van der Waals surface area (Å²) >= 11 is 5.20. The minimum absolute atomic E-state index is 0.156. The Labute approximate surface area is 116 Å². The number of rotatable bonds is 3. The van der Waals surface area contributed by atoms with E-state index in [0.717, 1.165) is 10.9 Å². The first kappa shape index (κ1) is 13.6. The molecule has 0 amide bonds. The molecule has 1 saturated carbocycles. The van der Waals surface area contributed by atoms with Crippen molar-refractivity contribution in [2.24, 2.45) is 11.3 Å². The molecule has 0 radical (unpaired) electrons. The summed E-state index contributed by atoms with van der Waals surface area (Å²) in [6.45, 7) is 4.68. The zero-order valence-electron chi connectivity index (χ0n) is 10.6. The molecule has 0 spiro atoms. The molecule has 0 aromatic carbocycles. The van der Waals surface area contributed by atoms with E-state index in [-0.39, 0.29) is 6.10 Å². The summed E-state index contributed by atoms with van der Waals surface area (Å²) in [7, 11) is 0. The van der Waals surface area contributed by atoms with Gasteiger partial charge in [-0.25, -0.2) is 0 Å². The van der Waals surface area contributed by atoms with Gasteiger partial charge >= 0.3 is 0 Å². The molecule has 1 unspecified atom stereocenters. The van der Waals surface area contributed by atoms with Gasteiger partial charge in [-0.2, -0.15) is 0 Å². The average molecular weight is 317 g/mol. The molecule has 1 aliphatic carbocycles. The van der Waals surface area contributed by atoms with E-state index in [2.05, 4.69) is 41.2 Å². The normalized spacial score (nSPS) is 22.6. The Morgan fingerprint density at radius 2 is 2.12 bits per heavy atom. The summed E-state index contributed by atoms with van der Waals surface area (Å²) in [4.78, 5) is 1.29. The number of hydrogen-bond acceptors (Lipinski definition) is 2. The lowest BCUT2D eigenvalue weighted by atomic mass is 9.71. The van der Waals surface area contributed by atoms with Crippen LogP contribution in [0.4, 0.5) is 0 Å². The van der Waals surface area contributed by atoms with Gasteiger partial charge < -0.3 is 5.11 Å². The van der Waals surface area contributed by atoms with Crippen molar-refractivity contribution in [3.05, 3.63) is 20.8 Å². The highest BCUT2D eigenvalue weighted by molar-refractivity contribution is 9.10. The highest BCUT2D eigenvalue weighted by Gasteiger charge is 2.30. The van der Waals surface area contributed by atoms with Crippen LogP contribution in [-0.2, 0) is 6.42 Å². The number of thiophene rings is 1. The molecule has 1 aromatic heterocycles. The molecule has 1 fully saturated rings. The number of hydrogen-bond donors (Lipinski definition) is 1. The Morgan fingerprint density at radius 3 is 2.65 bits per heavy atom. The summed E-state index contributed by atoms with van der Waals surface area (Å²) in [5.41, 5.74) is 0.488. The van der Waals surface area contributed by atoms with Crippen LogP contribution in [0.1, 0.15) is 44.4 Å². The Balaban J connectivity index is 1.87. The molecule has 0 saturated heterocycles. The molecular weight excluding hydrogens is 296 g/mol. The first-order valence-corrected chi connectivity index (χ1v) is 8.04. The fourth-order valence-electron chi connectivity index (χ4n) is 2.64. The van der Waals surface area contributed by atoms with Crippen LogP contribution in [0, 0.1) is 11.3 Å². The van der Waals surface area contributed by atoms with Gasteiger partial charge in [0, 0.05) is 21.2 Å². The van der Waals surface area contributed by atoms with Crippen molar-refractivity contribution in [3.63, 3.8) is 0 Å². The second-order valence-corrected chi connectivity index (χ2v) is 7.92. The molecule has 17 heavy (non-hydrogen) atoms.